The van der Waals surface area contributed by atoms with Crippen LogP contribution in [0.1, 0.15) is 29.3 Å². The van der Waals surface area contributed by atoms with Crippen LogP contribution < -0.4 is 0 Å². The molecule has 3 nitrogen and oxygen atoms in total. The van der Waals surface area contributed by atoms with Crippen molar-refractivity contribution in [2.45, 2.75) is 26.3 Å². The number of nitrogens with zero attached hydrogens (tertiary/aromatic N) is 2. The molecule has 0 aliphatic rings. The van der Waals surface area contributed by atoms with Gasteiger partial charge in [0.1, 0.15) is 5.82 Å². The lowest BCUT2D eigenvalue weighted by Gasteiger charge is -2.00. The van der Waals surface area contributed by atoms with Crippen LogP contribution in [-0.4, -0.2) is 15.6 Å². The molecule has 0 saturated heterocycles. The normalized spacial score (nSPS) is 10.6. The van der Waals surface area contributed by atoms with E-state index in [9.17, 15) is 9.18 Å². The van der Waals surface area contributed by atoms with E-state index in [1.165, 1.54) is 6.07 Å². The van der Waals surface area contributed by atoms with E-state index in [1.54, 1.807) is 35.3 Å². The molecular weight excluding hydrogens is 231 g/mol. The summed E-state index contributed by atoms with van der Waals surface area (Å²) in [5.41, 5.74) is 0.956. The second-order valence-corrected chi connectivity index (χ2v) is 4.18. The number of rotatable bonds is 5. The first-order valence-electron chi connectivity index (χ1n) is 5.99. The SMILES string of the molecule is CCCn1cc(C(=O)Cc2ccccc2F)cn1. The molecule has 4 heteroatoms. The van der Waals surface area contributed by atoms with Crippen molar-refractivity contribution < 1.29 is 9.18 Å². The van der Waals surface area contributed by atoms with Gasteiger partial charge in [0.2, 0.25) is 0 Å². The molecule has 0 unspecified atom stereocenters. The molecule has 1 aromatic carbocycles. The quantitative estimate of drug-likeness (QED) is 0.760. The van der Waals surface area contributed by atoms with Crippen molar-refractivity contribution in [2.24, 2.45) is 0 Å². The fraction of sp³-hybridized carbons (Fsp3) is 0.286. The Kier molecular flexibility index (Phi) is 3.87. The maximum atomic E-state index is 13.4. The summed E-state index contributed by atoms with van der Waals surface area (Å²) in [6, 6.07) is 6.33. The summed E-state index contributed by atoms with van der Waals surface area (Å²) in [5, 5.41) is 4.09. The van der Waals surface area contributed by atoms with Crippen molar-refractivity contribution in [3.63, 3.8) is 0 Å². The van der Waals surface area contributed by atoms with Crippen LogP contribution in [0.15, 0.2) is 36.7 Å². The van der Waals surface area contributed by atoms with Gasteiger partial charge in [0.15, 0.2) is 5.78 Å². The molecule has 0 saturated carbocycles. The molecule has 1 aromatic heterocycles. The Morgan fingerprint density at radius 1 is 1.39 bits per heavy atom. The molecule has 2 aromatic rings. The molecule has 2 rings (SSSR count). The number of aryl methyl sites for hydroxylation is 1. The van der Waals surface area contributed by atoms with E-state index in [2.05, 4.69) is 5.10 Å². The summed E-state index contributed by atoms with van der Waals surface area (Å²) >= 11 is 0. The second-order valence-electron chi connectivity index (χ2n) is 4.18. The molecule has 0 aliphatic heterocycles. The minimum Gasteiger partial charge on any atom is -0.294 e. The number of hydrogen-bond donors (Lipinski definition) is 0. The minimum atomic E-state index is -0.341. The van der Waals surface area contributed by atoms with Crippen molar-refractivity contribution in [1.29, 1.82) is 0 Å². The molecule has 0 spiro atoms. The summed E-state index contributed by atoms with van der Waals surface area (Å²) in [4.78, 5) is 12.0. The van der Waals surface area contributed by atoms with Crippen LogP contribution in [0.5, 0.6) is 0 Å². The Morgan fingerprint density at radius 2 is 2.17 bits per heavy atom. The largest absolute Gasteiger partial charge is 0.294 e. The number of ketones is 1. The molecule has 0 bridgehead atoms. The topological polar surface area (TPSA) is 34.9 Å². The highest BCUT2D eigenvalue weighted by Gasteiger charge is 2.11. The van der Waals surface area contributed by atoms with E-state index in [1.807, 2.05) is 6.92 Å². The second kappa shape index (κ2) is 5.58. The van der Waals surface area contributed by atoms with Gasteiger partial charge in [-0.3, -0.25) is 9.48 Å². The molecular formula is C14H15FN2O. The summed E-state index contributed by atoms with van der Waals surface area (Å²) < 4.78 is 15.1. The zero-order valence-corrected chi connectivity index (χ0v) is 10.3. The van der Waals surface area contributed by atoms with Crippen LogP contribution in [0.3, 0.4) is 0 Å². The van der Waals surface area contributed by atoms with E-state index in [4.69, 9.17) is 0 Å². The Morgan fingerprint density at radius 3 is 2.89 bits per heavy atom. The Bertz CT molecular complexity index is 548. The fourth-order valence-corrected chi connectivity index (χ4v) is 1.78. The van der Waals surface area contributed by atoms with Gasteiger partial charge in [0, 0.05) is 19.2 Å². The van der Waals surface area contributed by atoms with E-state index in [-0.39, 0.29) is 18.0 Å². The zero-order chi connectivity index (χ0) is 13.0. The van der Waals surface area contributed by atoms with E-state index < -0.39 is 0 Å². The van der Waals surface area contributed by atoms with Crippen molar-refractivity contribution >= 4 is 5.78 Å². The highest BCUT2D eigenvalue weighted by Crippen LogP contribution is 2.11. The van der Waals surface area contributed by atoms with E-state index in [0.29, 0.717) is 11.1 Å². The summed E-state index contributed by atoms with van der Waals surface area (Å²) in [7, 11) is 0. The van der Waals surface area contributed by atoms with Gasteiger partial charge < -0.3 is 0 Å². The number of carbonyl (C=O) groups is 1. The third kappa shape index (κ3) is 2.83. The zero-order valence-electron chi connectivity index (χ0n) is 10.3. The Labute approximate surface area is 105 Å². The van der Waals surface area contributed by atoms with Gasteiger partial charge in [-0.2, -0.15) is 5.10 Å². The van der Waals surface area contributed by atoms with E-state index in [0.717, 1.165) is 13.0 Å². The lowest BCUT2D eigenvalue weighted by Crippen LogP contribution is -2.04. The van der Waals surface area contributed by atoms with Gasteiger partial charge >= 0.3 is 0 Å². The number of carbonyl (C=O) groups excluding carboxylic acids is 1. The van der Waals surface area contributed by atoms with Gasteiger partial charge in [-0.05, 0) is 18.1 Å². The molecule has 0 radical (unpaired) electrons. The first-order valence-corrected chi connectivity index (χ1v) is 5.99. The van der Waals surface area contributed by atoms with Crippen molar-refractivity contribution in [1.82, 2.24) is 9.78 Å². The molecule has 1 heterocycles. The van der Waals surface area contributed by atoms with Crippen LogP contribution in [-0.2, 0) is 13.0 Å². The van der Waals surface area contributed by atoms with Crippen molar-refractivity contribution in [3.05, 3.63) is 53.6 Å². The highest BCUT2D eigenvalue weighted by atomic mass is 19.1. The average Bonchev–Trinajstić information content (AvgIpc) is 2.81. The summed E-state index contributed by atoms with van der Waals surface area (Å²) in [6.45, 7) is 2.83. The monoisotopic (exact) mass is 246 g/mol. The van der Waals surface area contributed by atoms with Crippen molar-refractivity contribution in [3.8, 4) is 0 Å². The number of Topliss-reactive ketones (excluding diaryl/α,β-unsaturated/α-hetero) is 1. The highest BCUT2D eigenvalue weighted by molar-refractivity contribution is 5.97. The predicted molar refractivity (Wildman–Crippen MR) is 67.0 cm³/mol. The minimum absolute atomic E-state index is 0.0739. The van der Waals surface area contributed by atoms with Crippen LogP contribution in [0.4, 0.5) is 4.39 Å². The average molecular weight is 246 g/mol. The van der Waals surface area contributed by atoms with Gasteiger partial charge in [-0.25, -0.2) is 4.39 Å². The molecule has 0 fully saturated rings. The summed E-state index contributed by atoms with van der Waals surface area (Å²) in [5.74, 6) is -0.450. The third-order valence-corrected chi connectivity index (χ3v) is 2.72. The number of halogens is 1. The number of benzene rings is 1. The Hall–Kier alpha value is -1.97. The van der Waals surface area contributed by atoms with Gasteiger partial charge in [-0.15, -0.1) is 0 Å². The number of hydrogen-bond acceptors (Lipinski definition) is 2. The lowest BCUT2D eigenvalue weighted by atomic mass is 10.1. The van der Waals surface area contributed by atoms with E-state index >= 15 is 0 Å². The van der Waals surface area contributed by atoms with Crippen LogP contribution in [0.2, 0.25) is 0 Å². The lowest BCUT2D eigenvalue weighted by molar-refractivity contribution is 0.0991. The number of aromatic nitrogens is 2. The maximum absolute atomic E-state index is 13.4. The predicted octanol–water partition coefficient (Wildman–Crippen LogP) is 2.86. The van der Waals surface area contributed by atoms with Crippen LogP contribution in [0.25, 0.3) is 0 Å². The van der Waals surface area contributed by atoms with Gasteiger partial charge in [-0.1, -0.05) is 25.1 Å². The smallest absolute Gasteiger partial charge is 0.170 e. The molecule has 0 N–H and O–H groups in total. The molecule has 18 heavy (non-hydrogen) atoms. The molecule has 0 atom stereocenters. The van der Waals surface area contributed by atoms with Crippen LogP contribution >= 0.6 is 0 Å². The standard InChI is InChI=1S/C14H15FN2O/c1-2-7-17-10-12(9-16-17)14(18)8-11-5-3-4-6-13(11)15/h3-6,9-10H,2,7-8H2,1H3. The van der Waals surface area contributed by atoms with Crippen molar-refractivity contribution in [2.75, 3.05) is 0 Å². The first-order chi connectivity index (χ1) is 8.70. The molecule has 0 aliphatic carbocycles. The van der Waals surface area contributed by atoms with Gasteiger partial charge in [0.25, 0.3) is 0 Å². The summed E-state index contributed by atoms with van der Waals surface area (Å²) in [6.07, 6.45) is 4.29. The Balaban J connectivity index is 2.10. The first kappa shape index (κ1) is 12.5. The van der Waals surface area contributed by atoms with Crippen LogP contribution in [0, 0.1) is 5.82 Å². The molecule has 0 amide bonds. The third-order valence-electron chi connectivity index (χ3n) is 2.72. The maximum Gasteiger partial charge on any atom is 0.170 e. The molecule has 94 valence electrons. The fourth-order valence-electron chi connectivity index (χ4n) is 1.78. The van der Waals surface area contributed by atoms with Gasteiger partial charge in [0.05, 0.1) is 11.8 Å².